The van der Waals surface area contributed by atoms with Crippen molar-refractivity contribution in [1.82, 2.24) is 0 Å². The third-order valence-electron chi connectivity index (χ3n) is 0.973. The Kier molecular flexibility index (Phi) is 13.4. The number of rotatable bonds is 2. The summed E-state index contributed by atoms with van der Waals surface area (Å²) >= 11 is 0. The maximum absolute atomic E-state index is 8.40. The summed E-state index contributed by atoms with van der Waals surface area (Å²) in [7, 11) is 0. The van der Waals surface area contributed by atoms with E-state index in [2.05, 4.69) is 5.92 Å². The minimum absolute atomic E-state index is 0.582. The summed E-state index contributed by atoms with van der Waals surface area (Å²) in [6, 6.07) is 2.02. The number of hydrogen-bond acceptors (Lipinski definition) is 1. The van der Waals surface area contributed by atoms with E-state index in [0.717, 1.165) is 0 Å². The van der Waals surface area contributed by atoms with Gasteiger partial charge in [0.2, 0.25) is 0 Å². The van der Waals surface area contributed by atoms with Gasteiger partial charge < -0.3 is 0 Å². The van der Waals surface area contributed by atoms with Crippen molar-refractivity contribution in [2.45, 2.75) is 27.2 Å². The highest BCUT2D eigenvalue weighted by Crippen LogP contribution is 1.94. The van der Waals surface area contributed by atoms with E-state index in [4.69, 9.17) is 11.7 Å². The fourth-order valence-corrected chi connectivity index (χ4v) is 0.452. The van der Waals surface area contributed by atoms with Gasteiger partial charge in [-0.05, 0) is 13.0 Å². The lowest BCUT2D eigenvalue weighted by atomic mass is 10.2. The predicted molar refractivity (Wildman–Crippen MR) is 53.3 cm³/mol. The van der Waals surface area contributed by atoms with Crippen LogP contribution in [0.3, 0.4) is 0 Å². The molecule has 0 spiro atoms. The molecule has 0 saturated heterocycles. The van der Waals surface area contributed by atoms with Gasteiger partial charge in [0.1, 0.15) is 0 Å². The van der Waals surface area contributed by atoms with Crippen molar-refractivity contribution in [3.63, 3.8) is 0 Å². The van der Waals surface area contributed by atoms with Crippen LogP contribution in [0.5, 0.6) is 0 Å². The number of hydrogen-bond donors (Lipinski definition) is 0. The van der Waals surface area contributed by atoms with Gasteiger partial charge in [0.05, 0.1) is 6.07 Å². The summed E-state index contributed by atoms with van der Waals surface area (Å²) in [5.41, 5.74) is 0.648. The van der Waals surface area contributed by atoms with Crippen molar-refractivity contribution >= 4 is 0 Å². The molecule has 0 rings (SSSR count). The first-order valence-electron chi connectivity index (χ1n) is 4.01. The Morgan fingerprint density at radius 1 is 1.50 bits per heavy atom. The van der Waals surface area contributed by atoms with E-state index in [1.54, 1.807) is 18.2 Å². The molecule has 64 valence electrons. The summed E-state index contributed by atoms with van der Waals surface area (Å²) in [6.07, 6.45) is 10.8. The first-order chi connectivity index (χ1) is 5.85. The van der Waals surface area contributed by atoms with Gasteiger partial charge in [-0.2, -0.15) is 5.26 Å². The third-order valence-corrected chi connectivity index (χ3v) is 0.973. The first kappa shape index (κ1) is 13.1. The van der Waals surface area contributed by atoms with Crippen LogP contribution in [0, 0.1) is 23.7 Å². The molecule has 0 saturated carbocycles. The number of allylic oxidation sites excluding steroid dienone is 4. The Morgan fingerprint density at radius 3 is 2.42 bits per heavy atom. The number of nitriles is 1. The minimum atomic E-state index is 0.582. The summed E-state index contributed by atoms with van der Waals surface area (Å²) in [5, 5.41) is 8.40. The second-order valence-electron chi connectivity index (χ2n) is 1.67. The molecule has 12 heavy (non-hydrogen) atoms. The smallest absolute Gasteiger partial charge is 0.0987 e. The van der Waals surface area contributed by atoms with Crippen LogP contribution in [0.25, 0.3) is 0 Å². The fraction of sp³-hybridized carbons (Fsp3) is 0.364. The molecule has 0 unspecified atom stereocenters. The topological polar surface area (TPSA) is 23.8 Å². The molecule has 0 N–H and O–H groups in total. The highest BCUT2D eigenvalue weighted by Gasteiger charge is 1.81. The van der Waals surface area contributed by atoms with Crippen LogP contribution in [0.15, 0.2) is 23.8 Å². The van der Waals surface area contributed by atoms with Gasteiger partial charge in [-0.15, -0.1) is 12.3 Å². The van der Waals surface area contributed by atoms with Crippen LogP contribution in [-0.4, -0.2) is 0 Å². The van der Waals surface area contributed by atoms with Gasteiger partial charge >= 0.3 is 0 Å². The fourth-order valence-electron chi connectivity index (χ4n) is 0.452. The van der Waals surface area contributed by atoms with Crippen LogP contribution in [0.4, 0.5) is 0 Å². The van der Waals surface area contributed by atoms with Crippen LogP contribution in [0.1, 0.15) is 27.2 Å². The Morgan fingerprint density at radius 2 is 2.08 bits per heavy atom. The Hall–Kier alpha value is -1.47. The van der Waals surface area contributed by atoms with Crippen LogP contribution in [-0.2, 0) is 0 Å². The molecule has 0 heterocycles. The van der Waals surface area contributed by atoms with Crippen molar-refractivity contribution in [3.8, 4) is 18.4 Å². The summed E-state index contributed by atoms with van der Waals surface area (Å²) in [6.45, 7) is 5.82. The van der Waals surface area contributed by atoms with E-state index < -0.39 is 0 Å². The molecule has 0 aliphatic heterocycles. The van der Waals surface area contributed by atoms with E-state index >= 15 is 0 Å². The van der Waals surface area contributed by atoms with Gasteiger partial charge in [0, 0.05) is 12.0 Å². The largest absolute Gasteiger partial charge is 0.192 e. The van der Waals surface area contributed by atoms with E-state index in [1.165, 1.54) is 0 Å². The molecule has 0 aliphatic carbocycles. The van der Waals surface area contributed by atoms with Gasteiger partial charge in [-0.3, -0.25) is 0 Å². The van der Waals surface area contributed by atoms with Gasteiger partial charge in [0.15, 0.2) is 0 Å². The Balaban J connectivity index is 0. The first-order valence-corrected chi connectivity index (χ1v) is 4.01. The van der Waals surface area contributed by atoms with Crippen molar-refractivity contribution in [2.24, 2.45) is 0 Å². The molecule has 0 bridgehead atoms. The summed E-state index contributed by atoms with van der Waals surface area (Å²) in [4.78, 5) is 0. The summed E-state index contributed by atoms with van der Waals surface area (Å²) < 4.78 is 0. The summed E-state index contributed by atoms with van der Waals surface area (Å²) in [5.74, 6) is 2.45. The Bertz CT molecular complexity index is 220. The van der Waals surface area contributed by atoms with E-state index in [-0.39, 0.29) is 0 Å². The van der Waals surface area contributed by atoms with Crippen LogP contribution >= 0.6 is 0 Å². The normalized spacial score (nSPS) is 9.58. The lowest BCUT2D eigenvalue weighted by Crippen LogP contribution is -1.67. The van der Waals surface area contributed by atoms with E-state index in [9.17, 15) is 0 Å². The molecule has 0 aromatic rings. The van der Waals surface area contributed by atoms with Gasteiger partial charge in [-0.1, -0.05) is 26.0 Å². The average Bonchev–Trinajstić information content (AvgIpc) is 2.16. The number of terminal acetylenes is 1. The molecule has 0 atom stereocenters. The van der Waals surface area contributed by atoms with E-state index in [0.29, 0.717) is 12.0 Å². The SMILES string of the molecule is C#CC/C=C\C(C#N)=C/C.CC. The predicted octanol–water partition coefficient (Wildman–Crippen LogP) is 3.06. The van der Waals surface area contributed by atoms with E-state index in [1.807, 2.05) is 26.8 Å². The zero-order valence-corrected chi connectivity index (χ0v) is 7.96. The van der Waals surface area contributed by atoms with Crippen molar-refractivity contribution < 1.29 is 0 Å². The molecular formula is C11H15N. The van der Waals surface area contributed by atoms with Gasteiger partial charge in [-0.25, -0.2) is 0 Å². The zero-order chi connectivity index (χ0) is 9.82. The quantitative estimate of drug-likeness (QED) is 0.347. The maximum Gasteiger partial charge on any atom is 0.0987 e. The third kappa shape index (κ3) is 8.53. The highest BCUT2D eigenvalue weighted by molar-refractivity contribution is 5.32. The van der Waals surface area contributed by atoms with Gasteiger partial charge in [0.25, 0.3) is 0 Å². The number of nitrogens with zero attached hydrogens (tertiary/aromatic N) is 1. The minimum Gasteiger partial charge on any atom is -0.192 e. The standard InChI is InChI=1S/C9H9N.C2H6/c1-3-5-6-7-9(4-2)8-10;1-2/h1,4,6-7H,5H2,2H3;1-2H3/b7-6-,9-4+;. The van der Waals surface area contributed by atoms with Crippen molar-refractivity contribution in [1.29, 1.82) is 5.26 Å². The van der Waals surface area contributed by atoms with Crippen LogP contribution in [0.2, 0.25) is 0 Å². The average molecular weight is 161 g/mol. The maximum atomic E-state index is 8.40. The molecule has 0 amide bonds. The van der Waals surface area contributed by atoms with Crippen molar-refractivity contribution in [3.05, 3.63) is 23.8 Å². The molecule has 0 aliphatic rings. The lowest BCUT2D eigenvalue weighted by molar-refractivity contribution is 1.43. The lowest BCUT2D eigenvalue weighted by Gasteiger charge is -1.81. The zero-order valence-electron chi connectivity index (χ0n) is 7.96. The van der Waals surface area contributed by atoms with Crippen molar-refractivity contribution in [2.75, 3.05) is 0 Å². The molecule has 0 fully saturated rings. The molecular weight excluding hydrogens is 146 g/mol. The molecule has 0 radical (unpaired) electrons. The molecule has 0 aromatic carbocycles. The highest BCUT2D eigenvalue weighted by atomic mass is 14.2. The molecule has 0 aromatic heterocycles. The second kappa shape index (κ2) is 12.2. The second-order valence-corrected chi connectivity index (χ2v) is 1.67. The monoisotopic (exact) mass is 161 g/mol. The Labute approximate surface area is 75.4 Å². The molecule has 1 nitrogen and oxygen atoms in total. The van der Waals surface area contributed by atoms with Crippen LogP contribution < -0.4 is 0 Å². The molecule has 1 heteroatoms.